The second-order valence-electron chi connectivity index (χ2n) is 7.59. The first-order chi connectivity index (χ1) is 12.8. The number of rotatable bonds is 20. The minimum absolute atomic E-state index is 0.183. The Hall–Kier alpha value is -0.0105. The Bertz CT molecular complexity index is 292. The van der Waals surface area contributed by atoms with Crippen molar-refractivity contribution in [2.45, 2.75) is 129 Å². The molecule has 0 bridgehead atoms. The molecule has 1 amide bonds. The number of nitrogens with zero attached hydrogens (tertiary/aromatic N) is 1. The van der Waals surface area contributed by atoms with Crippen molar-refractivity contribution >= 4 is 19.8 Å². The molecule has 0 N–H and O–H groups in total. The van der Waals surface area contributed by atoms with Crippen LogP contribution in [0, 0.1) is 0 Å². The van der Waals surface area contributed by atoms with Gasteiger partial charge in [-0.25, -0.2) is 0 Å². The van der Waals surface area contributed by atoms with E-state index in [0.717, 1.165) is 18.4 Å². The molecule has 0 saturated heterocycles. The van der Waals surface area contributed by atoms with Gasteiger partial charge in [0.25, 0.3) is 0 Å². The monoisotopic (exact) mass is 433 g/mol. The second-order valence-corrected chi connectivity index (χ2v) is 9.78. The molecule has 0 unspecified atom stereocenters. The van der Waals surface area contributed by atoms with Gasteiger partial charge in [0.2, 0.25) is 0 Å². The minimum atomic E-state index is 0.183. The van der Waals surface area contributed by atoms with E-state index in [1.165, 1.54) is 103 Å². The molecule has 0 aliphatic heterocycles. The van der Waals surface area contributed by atoms with Gasteiger partial charge in [-0.1, -0.05) is 39.0 Å². The van der Waals surface area contributed by atoms with Crippen LogP contribution in [0.1, 0.15) is 124 Å². The molecule has 3 heteroatoms. The Kier molecular flexibility index (Phi) is 21.3. The van der Waals surface area contributed by atoms with Crippen molar-refractivity contribution in [3.63, 3.8) is 0 Å². The molecule has 0 aromatic rings. The third-order valence-electron chi connectivity index (χ3n) is 5.25. The normalized spacial score (nSPS) is 11.0. The van der Waals surface area contributed by atoms with Crippen molar-refractivity contribution in [1.82, 2.24) is 4.90 Å². The molecular weight excluding hydrogens is 385 g/mol. The summed E-state index contributed by atoms with van der Waals surface area (Å²) in [5.41, 5.74) is 0. The molecule has 0 spiro atoms. The molecular formula is C23H47NOSe. The van der Waals surface area contributed by atoms with E-state index in [0.29, 0.717) is 4.81 Å². The van der Waals surface area contributed by atoms with Gasteiger partial charge in [0, 0.05) is 0 Å². The van der Waals surface area contributed by atoms with Gasteiger partial charge in [0.05, 0.1) is 0 Å². The van der Waals surface area contributed by atoms with Crippen molar-refractivity contribution in [1.29, 1.82) is 0 Å². The van der Waals surface area contributed by atoms with Crippen molar-refractivity contribution < 1.29 is 4.79 Å². The Balaban J connectivity index is 3.14. The zero-order valence-corrected chi connectivity index (χ0v) is 19.9. The molecule has 2 nitrogen and oxygen atoms in total. The predicted octanol–water partition coefficient (Wildman–Crippen LogP) is 7.83. The molecule has 0 aromatic carbocycles. The summed E-state index contributed by atoms with van der Waals surface area (Å²) in [5, 5.41) is 1.14. The van der Waals surface area contributed by atoms with Crippen LogP contribution in [0.2, 0.25) is 5.32 Å². The van der Waals surface area contributed by atoms with E-state index in [4.69, 9.17) is 0 Å². The van der Waals surface area contributed by atoms with Gasteiger partial charge in [-0.05, 0) is 0 Å². The third-order valence-corrected chi connectivity index (χ3v) is 7.34. The molecule has 0 fully saturated rings. The van der Waals surface area contributed by atoms with Crippen molar-refractivity contribution in [2.75, 3.05) is 13.1 Å². The van der Waals surface area contributed by atoms with Gasteiger partial charge >= 0.3 is 132 Å². The molecule has 0 atom stereocenters. The SMILES string of the molecule is CCCCCCCCCCCCCCCCCC[Se]C(=O)N(CC)CC. The fraction of sp³-hybridized carbons (Fsp3) is 0.957. The summed E-state index contributed by atoms with van der Waals surface area (Å²) >= 11 is 0.183. The molecule has 0 aliphatic carbocycles. The summed E-state index contributed by atoms with van der Waals surface area (Å²) in [7, 11) is 0. The van der Waals surface area contributed by atoms with Gasteiger partial charge in [-0.2, -0.15) is 0 Å². The Morgan fingerprint density at radius 3 is 1.27 bits per heavy atom. The van der Waals surface area contributed by atoms with Crippen LogP contribution < -0.4 is 0 Å². The Morgan fingerprint density at radius 2 is 0.923 bits per heavy atom. The maximum absolute atomic E-state index is 11.9. The van der Waals surface area contributed by atoms with E-state index in [1.54, 1.807) is 0 Å². The number of hydrogen-bond acceptors (Lipinski definition) is 1. The van der Waals surface area contributed by atoms with Crippen LogP contribution in [-0.4, -0.2) is 37.8 Å². The summed E-state index contributed by atoms with van der Waals surface area (Å²) in [5.74, 6) is 0. The summed E-state index contributed by atoms with van der Waals surface area (Å²) in [6.07, 6.45) is 22.6. The summed E-state index contributed by atoms with van der Waals surface area (Å²) in [6, 6.07) is 0. The van der Waals surface area contributed by atoms with Crippen LogP contribution in [-0.2, 0) is 0 Å². The first-order valence-electron chi connectivity index (χ1n) is 11.7. The number of unbranched alkanes of at least 4 members (excludes halogenated alkanes) is 15. The van der Waals surface area contributed by atoms with Crippen LogP contribution in [0.15, 0.2) is 0 Å². The van der Waals surface area contributed by atoms with Crippen molar-refractivity contribution in [3.05, 3.63) is 0 Å². The molecule has 0 aliphatic rings. The van der Waals surface area contributed by atoms with E-state index < -0.39 is 0 Å². The third kappa shape index (κ3) is 17.4. The number of hydrogen-bond donors (Lipinski definition) is 0. The van der Waals surface area contributed by atoms with Crippen LogP contribution >= 0.6 is 0 Å². The van der Waals surface area contributed by atoms with E-state index in [1.807, 2.05) is 4.90 Å². The van der Waals surface area contributed by atoms with Crippen LogP contribution in [0.5, 0.6) is 0 Å². The van der Waals surface area contributed by atoms with E-state index >= 15 is 0 Å². The molecule has 0 saturated carbocycles. The predicted molar refractivity (Wildman–Crippen MR) is 118 cm³/mol. The van der Waals surface area contributed by atoms with Gasteiger partial charge in [0.1, 0.15) is 0 Å². The quantitative estimate of drug-likeness (QED) is 0.142. The van der Waals surface area contributed by atoms with Gasteiger partial charge in [0.15, 0.2) is 0 Å². The molecule has 26 heavy (non-hydrogen) atoms. The Labute approximate surface area is 171 Å². The maximum atomic E-state index is 11.9. The van der Waals surface area contributed by atoms with Crippen molar-refractivity contribution in [2.24, 2.45) is 0 Å². The topological polar surface area (TPSA) is 20.3 Å². The molecule has 156 valence electrons. The summed E-state index contributed by atoms with van der Waals surface area (Å²) < 4.78 is 0. The fourth-order valence-electron chi connectivity index (χ4n) is 3.38. The van der Waals surface area contributed by atoms with E-state index in [2.05, 4.69) is 20.8 Å². The first-order valence-corrected chi connectivity index (χ1v) is 13.7. The van der Waals surface area contributed by atoms with Gasteiger partial charge in [-0.3, -0.25) is 0 Å². The summed E-state index contributed by atoms with van der Waals surface area (Å²) in [6.45, 7) is 8.18. The number of carbonyl (C=O) groups excluding carboxylic acids is 1. The van der Waals surface area contributed by atoms with E-state index in [-0.39, 0.29) is 15.0 Å². The zero-order chi connectivity index (χ0) is 19.3. The average Bonchev–Trinajstić information content (AvgIpc) is 2.65. The van der Waals surface area contributed by atoms with Crippen molar-refractivity contribution in [3.8, 4) is 0 Å². The van der Waals surface area contributed by atoms with Gasteiger partial charge < -0.3 is 0 Å². The molecule has 0 heterocycles. The Morgan fingerprint density at radius 1 is 0.577 bits per heavy atom. The number of amides is 1. The second kappa shape index (κ2) is 21.3. The molecule has 0 rings (SSSR count). The van der Waals surface area contributed by atoms with Crippen LogP contribution in [0.25, 0.3) is 0 Å². The zero-order valence-electron chi connectivity index (χ0n) is 18.2. The molecule has 0 radical (unpaired) electrons. The van der Waals surface area contributed by atoms with Crippen LogP contribution in [0.4, 0.5) is 4.79 Å². The van der Waals surface area contributed by atoms with Gasteiger partial charge in [-0.15, -0.1) is 0 Å². The molecule has 0 aromatic heterocycles. The average molecular weight is 433 g/mol. The van der Waals surface area contributed by atoms with Crippen LogP contribution in [0.3, 0.4) is 0 Å². The summed E-state index contributed by atoms with van der Waals surface area (Å²) in [4.78, 5) is 14.3. The standard InChI is InChI=1S/C23H47NOSe/c1-4-7-8-9-10-11-12-13-14-15-16-17-18-19-20-21-22-26-23(25)24(5-2)6-3/h4-22H2,1-3H3. The fourth-order valence-corrected chi connectivity index (χ4v) is 5.40. The first kappa shape index (κ1) is 26.0. The van der Waals surface area contributed by atoms with E-state index in [9.17, 15) is 4.79 Å². The number of carbonyl (C=O) groups is 1.